The van der Waals surface area contributed by atoms with Gasteiger partial charge in [-0.1, -0.05) is 18.2 Å². The number of aliphatic hydroxyl groups excluding tert-OH is 1. The minimum absolute atomic E-state index is 0.339. The Morgan fingerprint density at radius 1 is 1.25 bits per heavy atom. The molecule has 1 aliphatic rings. The van der Waals surface area contributed by atoms with Crippen LogP contribution in [0.1, 0.15) is 30.9 Å². The van der Waals surface area contributed by atoms with E-state index in [1.54, 1.807) is 11.3 Å². The number of anilines is 1. The van der Waals surface area contributed by atoms with E-state index >= 15 is 0 Å². The largest absolute Gasteiger partial charge is 0.396 e. The third kappa shape index (κ3) is 4.82. The SMILES string of the molecule is CC(Cc1ccsc1)Nc1ccccc1CN1CCC(CO)CC1. The number of thiophene rings is 1. The molecule has 24 heavy (non-hydrogen) atoms. The molecule has 1 aliphatic heterocycles. The van der Waals surface area contributed by atoms with E-state index in [1.807, 2.05) is 0 Å². The van der Waals surface area contributed by atoms with Gasteiger partial charge in [-0.3, -0.25) is 4.90 Å². The average molecular weight is 345 g/mol. The first-order valence-electron chi connectivity index (χ1n) is 8.93. The van der Waals surface area contributed by atoms with Crippen LogP contribution in [0, 0.1) is 5.92 Å². The van der Waals surface area contributed by atoms with E-state index in [0.29, 0.717) is 18.6 Å². The summed E-state index contributed by atoms with van der Waals surface area (Å²) in [6, 6.07) is 11.3. The first-order chi connectivity index (χ1) is 11.7. The van der Waals surface area contributed by atoms with E-state index in [1.165, 1.54) is 16.8 Å². The number of nitrogens with one attached hydrogen (secondary N) is 1. The topological polar surface area (TPSA) is 35.5 Å². The summed E-state index contributed by atoms with van der Waals surface area (Å²) in [6.07, 6.45) is 3.28. The minimum atomic E-state index is 0.339. The van der Waals surface area contributed by atoms with Crippen molar-refractivity contribution in [2.24, 2.45) is 5.92 Å². The fourth-order valence-electron chi connectivity index (χ4n) is 3.45. The van der Waals surface area contributed by atoms with Gasteiger partial charge in [0.15, 0.2) is 0 Å². The Morgan fingerprint density at radius 2 is 2.04 bits per heavy atom. The number of hydrogen-bond acceptors (Lipinski definition) is 4. The fraction of sp³-hybridized carbons (Fsp3) is 0.500. The van der Waals surface area contributed by atoms with E-state index in [4.69, 9.17) is 0 Å². The fourth-order valence-corrected chi connectivity index (χ4v) is 4.13. The van der Waals surface area contributed by atoms with Crippen molar-refractivity contribution in [1.82, 2.24) is 4.90 Å². The Balaban J connectivity index is 1.58. The van der Waals surface area contributed by atoms with E-state index in [2.05, 4.69) is 58.2 Å². The maximum atomic E-state index is 9.29. The summed E-state index contributed by atoms with van der Waals surface area (Å²) >= 11 is 1.76. The number of aliphatic hydroxyl groups is 1. The zero-order chi connectivity index (χ0) is 16.8. The molecule has 2 aromatic rings. The third-order valence-electron chi connectivity index (χ3n) is 4.90. The van der Waals surface area contributed by atoms with Crippen LogP contribution in [0.25, 0.3) is 0 Å². The van der Waals surface area contributed by atoms with E-state index < -0.39 is 0 Å². The van der Waals surface area contributed by atoms with Gasteiger partial charge in [-0.25, -0.2) is 0 Å². The van der Waals surface area contributed by atoms with Crippen LogP contribution in [0.15, 0.2) is 41.1 Å². The van der Waals surface area contributed by atoms with Crippen molar-refractivity contribution in [2.45, 2.75) is 38.8 Å². The lowest BCUT2D eigenvalue weighted by atomic mass is 9.97. The van der Waals surface area contributed by atoms with Crippen molar-refractivity contribution in [1.29, 1.82) is 0 Å². The highest BCUT2D eigenvalue weighted by molar-refractivity contribution is 7.07. The molecular formula is C20H28N2OS. The number of hydrogen-bond donors (Lipinski definition) is 2. The van der Waals surface area contributed by atoms with Gasteiger partial charge in [0.25, 0.3) is 0 Å². The maximum Gasteiger partial charge on any atom is 0.0460 e. The quantitative estimate of drug-likeness (QED) is 0.797. The van der Waals surface area contributed by atoms with Crippen LogP contribution in [-0.4, -0.2) is 35.7 Å². The lowest BCUT2D eigenvalue weighted by Gasteiger charge is -2.31. The molecule has 0 radical (unpaired) electrons. The van der Waals surface area contributed by atoms with E-state index in [-0.39, 0.29) is 0 Å². The summed E-state index contributed by atoms with van der Waals surface area (Å²) in [7, 11) is 0. The van der Waals surface area contributed by atoms with Crippen LogP contribution in [0.2, 0.25) is 0 Å². The standard InChI is InChI=1S/C20H28N2OS/c1-16(12-18-8-11-24-15-18)21-20-5-3-2-4-19(20)13-22-9-6-17(14-23)7-10-22/h2-5,8,11,15-17,21,23H,6-7,9-10,12-14H2,1H3. The van der Waals surface area contributed by atoms with Crippen molar-refractivity contribution >= 4 is 17.0 Å². The second kappa shape index (κ2) is 8.65. The molecule has 4 heteroatoms. The summed E-state index contributed by atoms with van der Waals surface area (Å²) in [5.74, 6) is 0.500. The molecule has 0 amide bonds. The van der Waals surface area contributed by atoms with Crippen LogP contribution >= 0.6 is 11.3 Å². The first-order valence-corrected chi connectivity index (χ1v) is 9.87. The second-order valence-corrected chi connectivity index (χ2v) is 7.72. The first kappa shape index (κ1) is 17.5. The smallest absolute Gasteiger partial charge is 0.0460 e. The van der Waals surface area contributed by atoms with Crippen molar-refractivity contribution in [3.8, 4) is 0 Å². The predicted molar refractivity (Wildman–Crippen MR) is 103 cm³/mol. The van der Waals surface area contributed by atoms with Crippen LogP contribution in [-0.2, 0) is 13.0 Å². The number of likely N-dealkylation sites (tertiary alicyclic amines) is 1. The molecule has 3 rings (SSSR count). The Morgan fingerprint density at radius 3 is 2.75 bits per heavy atom. The Hall–Kier alpha value is -1.36. The Labute approximate surface area is 149 Å². The molecule has 1 aromatic carbocycles. The van der Waals surface area contributed by atoms with Crippen molar-refractivity contribution in [3.05, 3.63) is 52.2 Å². The van der Waals surface area contributed by atoms with Gasteiger partial charge < -0.3 is 10.4 Å². The Bertz CT molecular complexity index is 606. The summed E-state index contributed by atoms with van der Waals surface area (Å²) in [4.78, 5) is 2.51. The average Bonchev–Trinajstić information content (AvgIpc) is 3.10. The molecule has 130 valence electrons. The maximum absolute atomic E-state index is 9.29. The molecule has 0 saturated carbocycles. The zero-order valence-corrected chi connectivity index (χ0v) is 15.3. The molecule has 1 fully saturated rings. The molecule has 2 heterocycles. The van der Waals surface area contributed by atoms with E-state index in [9.17, 15) is 5.11 Å². The molecule has 3 nitrogen and oxygen atoms in total. The van der Waals surface area contributed by atoms with Gasteiger partial charge >= 0.3 is 0 Å². The zero-order valence-electron chi connectivity index (χ0n) is 14.4. The molecule has 1 aromatic heterocycles. The van der Waals surface area contributed by atoms with E-state index in [0.717, 1.165) is 38.9 Å². The Kier molecular flexibility index (Phi) is 6.30. The third-order valence-corrected chi connectivity index (χ3v) is 5.63. The monoisotopic (exact) mass is 344 g/mol. The number of nitrogens with zero attached hydrogens (tertiary/aromatic N) is 1. The van der Waals surface area contributed by atoms with Crippen LogP contribution in [0.5, 0.6) is 0 Å². The predicted octanol–water partition coefficient (Wildman–Crippen LogP) is 4.00. The molecular weight excluding hydrogens is 316 g/mol. The number of rotatable bonds is 7. The summed E-state index contributed by atoms with van der Waals surface area (Å²) in [5, 5.41) is 17.4. The second-order valence-electron chi connectivity index (χ2n) is 6.94. The van der Waals surface area contributed by atoms with Gasteiger partial charge in [-0.05, 0) is 79.2 Å². The lowest BCUT2D eigenvalue weighted by molar-refractivity contribution is 0.127. The van der Waals surface area contributed by atoms with Crippen molar-refractivity contribution in [2.75, 3.05) is 25.0 Å². The van der Waals surface area contributed by atoms with Crippen LogP contribution in [0.4, 0.5) is 5.69 Å². The van der Waals surface area contributed by atoms with Gasteiger partial charge in [0.1, 0.15) is 0 Å². The minimum Gasteiger partial charge on any atom is -0.396 e. The highest BCUT2D eigenvalue weighted by Gasteiger charge is 2.19. The van der Waals surface area contributed by atoms with Gasteiger partial charge in [0.2, 0.25) is 0 Å². The summed E-state index contributed by atoms with van der Waals surface area (Å²) in [5.41, 5.74) is 4.03. The lowest BCUT2D eigenvalue weighted by Crippen LogP contribution is -2.34. The molecule has 2 N–H and O–H groups in total. The highest BCUT2D eigenvalue weighted by Crippen LogP contribution is 2.23. The van der Waals surface area contributed by atoms with Gasteiger partial charge in [0, 0.05) is 24.9 Å². The molecule has 1 atom stereocenters. The summed E-state index contributed by atoms with van der Waals surface area (Å²) in [6.45, 7) is 5.76. The van der Waals surface area contributed by atoms with Gasteiger partial charge in [0.05, 0.1) is 0 Å². The van der Waals surface area contributed by atoms with Crippen LogP contribution in [0.3, 0.4) is 0 Å². The number of para-hydroxylation sites is 1. The molecule has 0 bridgehead atoms. The molecule has 1 unspecified atom stereocenters. The molecule has 1 saturated heterocycles. The number of piperidine rings is 1. The van der Waals surface area contributed by atoms with Crippen molar-refractivity contribution < 1.29 is 5.11 Å². The van der Waals surface area contributed by atoms with Crippen LogP contribution < -0.4 is 5.32 Å². The highest BCUT2D eigenvalue weighted by atomic mass is 32.1. The van der Waals surface area contributed by atoms with Gasteiger partial charge in [-0.15, -0.1) is 0 Å². The summed E-state index contributed by atoms with van der Waals surface area (Å²) < 4.78 is 0. The molecule has 0 aliphatic carbocycles. The molecule has 0 spiro atoms. The normalized spacial score (nSPS) is 17.8. The number of benzene rings is 1. The van der Waals surface area contributed by atoms with Gasteiger partial charge in [-0.2, -0.15) is 11.3 Å². The van der Waals surface area contributed by atoms with Crippen molar-refractivity contribution in [3.63, 3.8) is 0 Å².